The van der Waals surface area contributed by atoms with E-state index in [9.17, 15) is 23.3 Å². The van der Waals surface area contributed by atoms with E-state index in [1.54, 1.807) is 6.07 Å². The number of hydrogen-bond acceptors (Lipinski definition) is 5. The first-order valence-electron chi connectivity index (χ1n) is 7.10. The van der Waals surface area contributed by atoms with Gasteiger partial charge in [0, 0.05) is 18.7 Å². The van der Waals surface area contributed by atoms with Crippen molar-refractivity contribution in [2.24, 2.45) is 0 Å². The van der Waals surface area contributed by atoms with Crippen LogP contribution in [0.25, 0.3) is 0 Å². The molecule has 0 bridgehead atoms. The lowest BCUT2D eigenvalue weighted by atomic mass is 10.1. The second kappa shape index (κ2) is 6.43. The van der Waals surface area contributed by atoms with Gasteiger partial charge in [0.15, 0.2) is 9.84 Å². The van der Waals surface area contributed by atoms with Gasteiger partial charge < -0.3 is 4.90 Å². The van der Waals surface area contributed by atoms with Crippen LogP contribution in [0.5, 0.6) is 0 Å². The average Bonchev–Trinajstić information content (AvgIpc) is 2.84. The van der Waals surface area contributed by atoms with Crippen molar-refractivity contribution in [1.82, 2.24) is 4.90 Å². The Morgan fingerprint density at radius 2 is 2.09 bits per heavy atom. The highest BCUT2D eigenvalue weighted by Crippen LogP contribution is 2.24. The molecule has 0 N–H and O–H groups in total. The number of carbonyl (C=O) groups excluding carboxylic acids is 1. The van der Waals surface area contributed by atoms with Crippen molar-refractivity contribution in [3.05, 3.63) is 39.9 Å². The molecule has 0 aliphatic carbocycles. The summed E-state index contributed by atoms with van der Waals surface area (Å²) in [6.07, 6.45) is 1.04. The van der Waals surface area contributed by atoms with Gasteiger partial charge in [-0.05, 0) is 18.9 Å². The minimum Gasteiger partial charge on any atom is -0.334 e. The van der Waals surface area contributed by atoms with Crippen LogP contribution in [0.1, 0.15) is 30.1 Å². The topological polar surface area (TPSA) is 97.6 Å². The van der Waals surface area contributed by atoms with Crippen LogP contribution in [0, 0.1) is 10.1 Å². The van der Waals surface area contributed by atoms with Crippen LogP contribution in [0.15, 0.2) is 24.3 Å². The molecular weight excluding hydrogens is 308 g/mol. The van der Waals surface area contributed by atoms with Gasteiger partial charge in [-0.1, -0.05) is 19.1 Å². The molecule has 1 aromatic rings. The van der Waals surface area contributed by atoms with Gasteiger partial charge in [0.25, 0.3) is 11.6 Å². The van der Waals surface area contributed by atoms with Gasteiger partial charge >= 0.3 is 0 Å². The van der Waals surface area contributed by atoms with E-state index in [4.69, 9.17) is 0 Å². The number of sulfone groups is 1. The highest BCUT2D eigenvalue weighted by Gasteiger charge is 2.36. The first kappa shape index (κ1) is 16.4. The van der Waals surface area contributed by atoms with Crippen LogP contribution in [0.3, 0.4) is 0 Å². The van der Waals surface area contributed by atoms with Crippen LogP contribution in [0.4, 0.5) is 5.69 Å². The van der Waals surface area contributed by atoms with Crippen molar-refractivity contribution in [1.29, 1.82) is 0 Å². The summed E-state index contributed by atoms with van der Waals surface area (Å²) >= 11 is 0. The normalized spacial score (nSPS) is 19.8. The van der Waals surface area contributed by atoms with Crippen LogP contribution in [0.2, 0.25) is 0 Å². The van der Waals surface area contributed by atoms with Gasteiger partial charge in [-0.15, -0.1) is 0 Å². The second-order valence-electron chi connectivity index (χ2n) is 5.33. The molecule has 120 valence electrons. The Hall–Kier alpha value is -1.96. The highest BCUT2D eigenvalue weighted by atomic mass is 32.2. The van der Waals surface area contributed by atoms with Crippen LogP contribution in [-0.2, 0) is 9.84 Å². The van der Waals surface area contributed by atoms with Gasteiger partial charge in [0.05, 0.1) is 16.4 Å². The van der Waals surface area contributed by atoms with E-state index in [0.717, 1.165) is 0 Å². The molecule has 8 heteroatoms. The third kappa shape index (κ3) is 3.44. The molecule has 2 rings (SSSR count). The van der Waals surface area contributed by atoms with Crippen LogP contribution < -0.4 is 0 Å². The zero-order valence-corrected chi connectivity index (χ0v) is 13.1. The van der Waals surface area contributed by atoms with E-state index in [1.807, 2.05) is 6.92 Å². The van der Waals surface area contributed by atoms with Gasteiger partial charge in [-0.25, -0.2) is 8.42 Å². The fourth-order valence-electron chi connectivity index (χ4n) is 2.68. The number of hydrogen-bond donors (Lipinski definition) is 0. The standard InChI is InChI=1S/C14H18N2O5S/c1-2-8-15(11-7-9-22(20,21)10-11)14(17)12-5-3-4-6-13(12)16(18)19/h3-6,11H,2,7-10H2,1H3. The smallest absolute Gasteiger partial charge is 0.282 e. The van der Waals surface area contributed by atoms with Crippen molar-refractivity contribution in [2.75, 3.05) is 18.1 Å². The summed E-state index contributed by atoms with van der Waals surface area (Å²) in [7, 11) is -3.13. The Labute approximate surface area is 129 Å². The molecule has 0 radical (unpaired) electrons. The van der Waals surface area contributed by atoms with Crippen molar-refractivity contribution < 1.29 is 18.1 Å². The zero-order valence-electron chi connectivity index (χ0n) is 12.3. The van der Waals surface area contributed by atoms with E-state index in [-0.39, 0.29) is 22.8 Å². The molecule has 1 saturated heterocycles. The van der Waals surface area contributed by atoms with Crippen molar-refractivity contribution in [3.8, 4) is 0 Å². The number of amides is 1. The number of nitrogens with zero attached hydrogens (tertiary/aromatic N) is 2. The third-order valence-electron chi connectivity index (χ3n) is 3.71. The first-order valence-corrected chi connectivity index (χ1v) is 8.92. The van der Waals surface area contributed by atoms with Gasteiger partial charge in [-0.3, -0.25) is 14.9 Å². The Bertz CT molecular complexity index is 686. The summed E-state index contributed by atoms with van der Waals surface area (Å²) in [5.41, 5.74) is -0.250. The summed E-state index contributed by atoms with van der Waals surface area (Å²) < 4.78 is 23.3. The number of nitro benzene ring substituents is 1. The molecule has 0 spiro atoms. The number of rotatable bonds is 5. The fourth-order valence-corrected chi connectivity index (χ4v) is 4.41. The Kier molecular flexibility index (Phi) is 4.80. The summed E-state index contributed by atoms with van der Waals surface area (Å²) in [4.78, 5) is 24.6. The monoisotopic (exact) mass is 326 g/mol. The lowest BCUT2D eigenvalue weighted by molar-refractivity contribution is -0.385. The van der Waals surface area contributed by atoms with Crippen molar-refractivity contribution >= 4 is 21.4 Å². The van der Waals surface area contributed by atoms with E-state index >= 15 is 0 Å². The third-order valence-corrected chi connectivity index (χ3v) is 5.46. The molecule has 1 heterocycles. The minimum atomic E-state index is -3.13. The molecule has 7 nitrogen and oxygen atoms in total. The minimum absolute atomic E-state index is 0.00486. The van der Waals surface area contributed by atoms with E-state index in [0.29, 0.717) is 19.4 Å². The maximum atomic E-state index is 12.7. The lowest BCUT2D eigenvalue weighted by Gasteiger charge is -2.27. The summed E-state index contributed by atoms with van der Waals surface area (Å²) in [5, 5.41) is 11.1. The molecule has 22 heavy (non-hydrogen) atoms. The van der Waals surface area contributed by atoms with E-state index in [1.165, 1.54) is 23.1 Å². The molecule has 1 aliphatic rings. The average molecular weight is 326 g/mol. The van der Waals surface area contributed by atoms with Gasteiger partial charge in [-0.2, -0.15) is 0 Å². The highest BCUT2D eigenvalue weighted by molar-refractivity contribution is 7.91. The second-order valence-corrected chi connectivity index (χ2v) is 7.56. The Morgan fingerprint density at radius 3 is 2.64 bits per heavy atom. The number of para-hydroxylation sites is 1. The predicted molar refractivity (Wildman–Crippen MR) is 81.5 cm³/mol. The molecule has 1 amide bonds. The molecule has 1 fully saturated rings. The maximum Gasteiger partial charge on any atom is 0.282 e. The van der Waals surface area contributed by atoms with Crippen molar-refractivity contribution in [3.63, 3.8) is 0 Å². The van der Waals surface area contributed by atoms with E-state index < -0.39 is 26.7 Å². The molecule has 1 atom stereocenters. The summed E-state index contributed by atoms with van der Waals surface area (Å²) in [6, 6.07) is 5.35. The quantitative estimate of drug-likeness (QED) is 0.605. The number of carbonyl (C=O) groups is 1. The lowest BCUT2D eigenvalue weighted by Crippen LogP contribution is -2.41. The van der Waals surface area contributed by atoms with E-state index in [2.05, 4.69) is 0 Å². The summed E-state index contributed by atoms with van der Waals surface area (Å²) in [5.74, 6) is -0.488. The molecule has 1 unspecified atom stereocenters. The number of benzene rings is 1. The van der Waals surface area contributed by atoms with Gasteiger partial charge in [0.2, 0.25) is 0 Å². The van der Waals surface area contributed by atoms with Crippen LogP contribution >= 0.6 is 0 Å². The first-order chi connectivity index (χ1) is 10.4. The SMILES string of the molecule is CCCN(C(=O)c1ccccc1[N+](=O)[O-])C1CCS(=O)(=O)C1. The molecule has 1 aliphatic heterocycles. The Balaban J connectivity index is 2.33. The number of nitro groups is 1. The Morgan fingerprint density at radius 1 is 1.41 bits per heavy atom. The molecular formula is C14H18N2O5S. The molecule has 0 saturated carbocycles. The van der Waals surface area contributed by atoms with Crippen molar-refractivity contribution in [2.45, 2.75) is 25.8 Å². The predicted octanol–water partition coefficient (Wildman–Crippen LogP) is 1.63. The fraction of sp³-hybridized carbons (Fsp3) is 0.500. The largest absolute Gasteiger partial charge is 0.334 e. The molecule has 1 aromatic carbocycles. The van der Waals surface area contributed by atoms with Gasteiger partial charge in [0.1, 0.15) is 5.56 Å². The van der Waals surface area contributed by atoms with Crippen LogP contribution in [-0.4, -0.2) is 48.2 Å². The summed E-state index contributed by atoms with van der Waals surface area (Å²) in [6.45, 7) is 2.26. The molecule has 0 aromatic heterocycles. The zero-order chi connectivity index (χ0) is 16.3. The maximum absolute atomic E-state index is 12.7.